The number of fused-ring (bicyclic) bond motifs is 2. The number of amides is 2. The molecule has 1 saturated heterocycles. The largest absolute Gasteiger partial charge is 0.477 e. The van der Waals surface area contributed by atoms with Crippen LogP contribution in [0.15, 0.2) is 28.9 Å². The Kier molecular flexibility index (Phi) is 4.70. The zero-order valence-corrected chi connectivity index (χ0v) is 16.6. The molecule has 5 N–H and O–H groups in total. The number of hydrogen-bond donors (Lipinski definition) is 3. The van der Waals surface area contributed by atoms with E-state index in [1.54, 1.807) is 18.2 Å². The maximum atomic E-state index is 12.9. The van der Waals surface area contributed by atoms with Crippen LogP contribution in [-0.2, 0) is 14.4 Å². The van der Waals surface area contributed by atoms with E-state index in [0.717, 1.165) is 9.60 Å². The molecule has 1 fully saturated rings. The molecule has 28 heavy (non-hydrogen) atoms. The normalized spacial score (nSPS) is 21.5. The van der Waals surface area contributed by atoms with Gasteiger partial charge in [0.1, 0.15) is 17.1 Å². The van der Waals surface area contributed by atoms with Crippen molar-refractivity contribution < 1.29 is 19.5 Å². The zero-order valence-electron chi connectivity index (χ0n) is 14.2. The number of carbonyl (C=O) groups is 3. The molecule has 146 valence electrons. The molecule has 2 aliphatic rings. The topological polar surface area (TPSA) is 143 Å². The fourth-order valence-electron chi connectivity index (χ4n) is 3.31. The summed E-state index contributed by atoms with van der Waals surface area (Å²) in [4.78, 5) is 43.6. The molecule has 2 aliphatic heterocycles. The summed E-state index contributed by atoms with van der Waals surface area (Å²) < 4.78 is 0.763. The summed E-state index contributed by atoms with van der Waals surface area (Å²) in [5, 5.41) is 9.33. The standard InChI is InChI=1S/C16H14ClN5O4S2/c17-7-5-27-14-12(13(24)22(14)11(7)15(25)26)21(10(23)4-18)6-1-2-8-9(3-6)28-16(19)20-8/h1-3,12,14H,4-5,18H2,(H2,19,20)(H,25,26). The van der Waals surface area contributed by atoms with Gasteiger partial charge in [0.15, 0.2) is 5.13 Å². The highest BCUT2D eigenvalue weighted by atomic mass is 35.5. The van der Waals surface area contributed by atoms with Crippen LogP contribution < -0.4 is 16.4 Å². The number of carboxylic acid groups (broad SMARTS) is 1. The Morgan fingerprint density at radius 2 is 2.18 bits per heavy atom. The van der Waals surface area contributed by atoms with E-state index in [1.807, 2.05) is 0 Å². The summed E-state index contributed by atoms with van der Waals surface area (Å²) in [5.74, 6) is -2.00. The average molecular weight is 440 g/mol. The highest BCUT2D eigenvalue weighted by molar-refractivity contribution is 8.00. The van der Waals surface area contributed by atoms with Crippen molar-refractivity contribution in [2.75, 3.05) is 22.9 Å². The monoisotopic (exact) mass is 439 g/mol. The second kappa shape index (κ2) is 6.92. The molecule has 0 aliphatic carbocycles. The number of hydrogen-bond acceptors (Lipinski definition) is 8. The summed E-state index contributed by atoms with van der Waals surface area (Å²) in [6.07, 6.45) is 0. The fourth-order valence-corrected chi connectivity index (χ4v) is 5.67. The number of nitrogen functional groups attached to an aromatic ring is 1. The number of anilines is 2. The molecule has 0 saturated carbocycles. The Morgan fingerprint density at radius 1 is 1.43 bits per heavy atom. The number of benzene rings is 1. The quantitative estimate of drug-likeness (QED) is 0.598. The Hall–Kier alpha value is -2.34. The van der Waals surface area contributed by atoms with Crippen molar-refractivity contribution in [3.8, 4) is 0 Å². The van der Waals surface area contributed by atoms with Gasteiger partial charge in [0.2, 0.25) is 5.91 Å². The molecular weight excluding hydrogens is 426 g/mol. The second-order valence-corrected chi connectivity index (χ2v) is 8.71. The Labute approximate surface area is 171 Å². The van der Waals surface area contributed by atoms with Gasteiger partial charge in [-0.05, 0) is 18.2 Å². The van der Waals surface area contributed by atoms with Gasteiger partial charge in [-0.2, -0.15) is 0 Å². The maximum Gasteiger partial charge on any atom is 0.353 e. The molecule has 0 radical (unpaired) electrons. The molecule has 12 heteroatoms. The van der Waals surface area contributed by atoms with Gasteiger partial charge >= 0.3 is 5.97 Å². The number of carbonyl (C=O) groups excluding carboxylic acids is 2. The van der Waals surface area contributed by atoms with Gasteiger partial charge < -0.3 is 16.6 Å². The summed E-state index contributed by atoms with van der Waals surface area (Å²) in [5.41, 5.74) is 12.2. The van der Waals surface area contributed by atoms with Gasteiger partial charge in [-0.25, -0.2) is 9.78 Å². The lowest BCUT2D eigenvalue weighted by Gasteiger charge is -2.52. The summed E-state index contributed by atoms with van der Waals surface area (Å²) in [7, 11) is 0. The molecule has 1 aromatic heterocycles. The number of rotatable bonds is 4. The van der Waals surface area contributed by atoms with Crippen LogP contribution in [0.1, 0.15) is 0 Å². The molecule has 1 aromatic carbocycles. The smallest absolute Gasteiger partial charge is 0.353 e. The number of nitrogens with two attached hydrogens (primary N) is 2. The number of thioether (sulfide) groups is 1. The Bertz CT molecular complexity index is 1050. The maximum absolute atomic E-state index is 12.9. The number of aliphatic carboxylic acids is 1. The minimum Gasteiger partial charge on any atom is -0.477 e. The molecule has 2 atom stereocenters. The minimum absolute atomic E-state index is 0.0961. The molecular formula is C16H14ClN5O4S2. The highest BCUT2D eigenvalue weighted by Gasteiger charge is 2.57. The number of halogens is 1. The zero-order chi connectivity index (χ0) is 20.2. The molecule has 4 rings (SSSR count). The lowest BCUT2D eigenvalue weighted by molar-refractivity contribution is -0.148. The number of thiazole rings is 1. The van der Waals surface area contributed by atoms with Crippen molar-refractivity contribution in [2.45, 2.75) is 11.4 Å². The number of carboxylic acids is 1. The van der Waals surface area contributed by atoms with E-state index in [2.05, 4.69) is 4.98 Å². The van der Waals surface area contributed by atoms with Gasteiger partial charge in [0.25, 0.3) is 5.91 Å². The first-order valence-electron chi connectivity index (χ1n) is 8.08. The van der Waals surface area contributed by atoms with Gasteiger partial charge in [-0.15, -0.1) is 11.8 Å². The first kappa shape index (κ1) is 19.0. The van der Waals surface area contributed by atoms with Crippen LogP contribution in [0, 0.1) is 0 Å². The molecule has 2 unspecified atom stereocenters. The second-order valence-electron chi connectivity index (χ2n) is 6.09. The van der Waals surface area contributed by atoms with Gasteiger partial charge in [0.05, 0.1) is 21.8 Å². The van der Waals surface area contributed by atoms with Crippen molar-refractivity contribution in [3.63, 3.8) is 0 Å². The van der Waals surface area contributed by atoms with Crippen molar-refractivity contribution in [1.29, 1.82) is 0 Å². The molecule has 9 nitrogen and oxygen atoms in total. The molecule has 2 amide bonds. The van der Waals surface area contributed by atoms with Crippen LogP contribution >= 0.6 is 34.7 Å². The van der Waals surface area contributed by atoms with E-state index in [9.17, 15) is 19.5 Å². The third-order valence-corrected chi connectivity index (χ3v) is 7.07. The van der Waals surface area contributed by atoms with Crippen molar-refractivity contribution >= 4 is 73.5 Å². The predicted molar refractivity (Wildman–Crippen MR) is 108 cm³/mol. The van der Waals surface area contributed by atoms with Crippen LogP contribution in [-0.4, -0.2) is 56.5 Å². The van der Waals surface area contributed by atoms with Crippen molar-refractivity contribution in [2.24, 2.45) is 5.73 Å². The first-order chi connectivity index (χ1) is 13.3. The van der Waals surface area contributed by atoms with Crippen LogP contribution in [0.2, 0.25) is 0 Å². The van der Waals surface area contributed by atoms with Gasteiger partial charge in [-0.1, -0.05) is 22.9 Å². The van der Waals surface area contributed by atoms with Crippen molar-refractivity contribution in [3.05, 3.63) is 28.9 Å². The Balaban J connectivity index is 1.74. The van der Waals surface area contributed by atoms with Crippen molar-refractivity contribution in [1.82, 2.24) is 9.88 Å². The minimum atomic E-state index is -1.28. The van der Waals surface area contributed by atoms with Crippen LogP contribution in [0.4, 0.5) is 10.8 Å². The summed E-state index contributed by atoms with van der Waals surface area (Å²) in [6.45, 7) is -0.299. The number of aromatic nitrogens is 1. The van der Waals surface area contributed by atoms with E-state index in [0.29, 0.717) is 16.3 Å². The fraction of sp³-hybridized carbons (Fsp3) is 0.250. The van der Waals surface area contributed by atoms with E-state index in [4.69, 9.17) is 23.1 Å². The summed E-state index contributed by atoms with van der Waals surface area (Å²) in [6, 6.07) is 4.23. The molecule has 2 aromatic rings. The van der Waals surface area contributed by atoms with Crippen LogP contribution in [0.3, 0.4) is 0 Å². The molecule has 0 spiro atoms. The highest BCUT2D eigenvalue weighted by Crippen LogP contribution is 2.44. The number of β-lactam (4-membered cyclic amide) rings is 1. The molecule has 3 heterocycles. The van der Waals surface area contributed by atoms with E-state index < -0.39 is 29.2 Å². The van der Waals surface area contributed by atoms with Gasteiger partial charge in [0, 0.05) is 11.4 Å². The van der Waals surface area contributed by atoms with E-state index in [1.165, 1.54) is 28.0 Å². The van der Waals surface area contributed by atoms with Gasteiger partial charge in [-0.3, -0.25) is 19.4 Å². The Morgan fingerprint density at radius 3 is 2.86 bits per heavy atom. The summed E-state index contributed by atoms with van der Waals surface area (Å²) >= 11 is 8.57. The SMILES string of the molecule is NCC(=O)N(c1ccc2nc(N)sc2c1)C1C(=O)N2C(C(=O)O)=C(Cl)CSC12. The third-order valence-electron chi connectivity index (χ3n) is 4.48. The lowest BCUT2D eigenvalue weighted by atomic mass is 10.0. The van der Waals surface area contributed by atoms with Crippen LogP contribution in [0.5, 0.6) is 0 Å². The van der Waals surface area contributed by atoms with Crippen LogP contribution in [0.25, 0.3) is 10.2 Å². The third kappa shape index (κ3) is 2.82. The molecule has 0 bridgehead atoms. The average Bonchev–Trinajstić information content (AvgIpc) is 3.04. The number of nitrogens with zero attached hydrogens (tertiary/aromatic N) is 3. The van der Waals surface area contributed by atoms with E-state index in [-0.39, 0.29) is 23.0 Å². The first-order valence-corrected chi connectivity index (χ1v) is 10.3. The van der Waals surface area contributed by atoms with E-state index >= 15 is 0 Å². The predicted octanol–water partition coefficient (Wildman–Crippen LogP) is 0.989. The lowest BCUT2D eigenvalue weighted by Crippen LogP contribution is -2.72.